The van der Waals surface area contributed by atoms with Gasteiger partial charge in [0.05, 0.1) is 0 Å². The van der Waals surface area contributed by atoms with Gasteiger partial charge in [-0.25, -0.2) is 0 Å². The van der Waals surface area contributed by atoms with E-state index in [2.05, 4.69) is 0 Å². The van der Waals surface area contributed by atoms with Crippen LogP contribution in [0.15, 0.2) is 0 Å². The highest BCUT2D eigenvalue weighted by Crippen LogP contribution is 2.30. The maximum atomic E-state index is 13.4. The Balaban J connectivity index is 3.10. The first-order chi connectivity index (χ1) is 14.8. The molecule has 1 aliphatic heterocycles. The molecular weight excluding hydrogens is 488 g/mol. The van der Waals surface area contributed by atoms with Crippen LogP contribution in [0.3, 0.4) is 0 Å². The zero-order valence-corrected chi connectivity index (χ0v) is 17.4. The highest BCUT2D eigenvalue weighted by atomic mass is 19.4. The molecule has 1 aliphatic rings. The van der Waals surface area contributed by atoms with Gasteiger partial charge < -0.3 is 16.0 Å². The molecule has 1 rings (SSSR count). The Hall–Kier alpha value is -1.00. The lowest BCUT2D eigenvalue weighted by Crippen LogP contribution is -2.52. The molecule has 0 bridgehead atoms. The predicted molar refractivity (Wildman–Crippen MR) is 94.5 cm³/mol. The quantitative estimate of drug-likeness (QED) is 0.428. The SMILES string of the molecule is CN1CCC(C(F)(F)F)NCCC(C(F)(F)F)NCCC(C(F)(F)F)NCCC1C(F)(F)F. The molecule has 33 heavy (non-hydrogen) atoms. The van der Waals surface area contributed by atoms with E-state index in [-0.39, 0.29) is 0 Å². The molecule has 0 radical (unpaired) electrons. The Morgan fingerprint density at radius 3 is 1.18 bits per heavy atom. The lowest BCUT2D eigenvalue weighted by atomic mass is 10.1. The van der Waals surface area contributed by atoms with Crippen LogP contribution in [0.25, 0.3) is 0 Å². The van der Waals surface area contributed by atoms with Gasteiger partial charge in [-0.1, -0.05) is 0 Å². The van der Waals surface area contributed by atoms with Crippen LogP contribution in [0.4, 0.5) is 52.7 Å². The first kappa shape index (κ1) is 30.0. The number of nitrogens with one attached hydrogen (secondary N) is 3. The molecule has 4 atom stereocenters. The maximum Gasteiger partial charge on any atom is 0.404 e. The van der Waals surface area contributed by atoms with Gasteiger partial charge in [-0.2, -0.15) is 52.7 Å². The minimum absolute atomic E-state index is 0.552. The molecule has 0 aliphatic carbocycles. The summed E-state index contributed by atoms with van der Waals surface area (Å²) in [6.07, 6.45) is -23.3. The van der Waals surface area contributed by atoms with E-state index in [4.69, 9.17) is 0 Å². The van der Waals surface area contributed by atoms with Gasteiger partial charge in [0.1, 0.15) is 24.2 Å². The van der Waals surface area contributed by atoms with Crippen LogP contribution < -0.4 is 16.0 Å². The molecule has 16 heteroatoms. The van der Waals surface area contributed by atoms with E-state index in [9.17, 15) is 52.7 Å². The van der Waals surface area contributed by atoms with Crippen LogP contribution in [0.5, 0.6) is 0 Å². The lowest BCUT2D eigenvalue weighted by Gasteiger charge is -2.33. The van der Waals surface area contributed by atoms with Gasteiger partial charge in [-0.3, -0.25) is 4.90 Å². The lowest BCUT2D eigenvalue weighted by molar-refractivity contribution is -0.186. The summed E-state index contributed by atoms with van der Waals surface area (Å²) in [5, 5.41) is 5.63. The average molecular weight is 514 g/mol. The van der Waals surface area contributed by atoms with Gasteiger partial charge in [-0.15, -0.1) is 0 Å². The second-order valence-electron chi connectivity index (χ2n) is 7.84. The third-order valence-corrected chi connectivity index (χ3v) is 5.32. The number of nitrogens with zero attached hydrogens (tertiary/aromatic N) is 1. The van der Waals surface area contributed by atoms with Crippen molar-refractivity contribution >= 4 is 0 Å². The summed E-state index contributed by atoms with van der Waals surface area (Å²) < 4.78 is 159. The Kier molecular flexibility index (Phi) is 10.6. The summed E-state index contributed by atoms with van der Waals surface area (Å²) in [6.45, 7) is -3.17. The zero-order valence-electron chi connectivity index (χ0n) is 17.4. The molecule has 0 saturated carbocycles. The fraction of sp³-hybridized carbons (Fsp3) is 1.00. The van der Waals surface area contributed by atoms with Gasteiger partial charge in [0.15, 0.2) is 0 Å². The van der Waals surface area contributed by atoms with Gasteiger partial charge in [0.2, 0.25) is 0 Å². The van der Waals surface area contributed by atoms with Crippen LogP contribution in [0, 0.1) is 0 Å². The predicted octanol–water partition coefficient (Wildman–Crippen LogP) is 3.98. The summed E-state index contributed by atoms with van der Waals surface area (Å²) in [6, 6.07) is -9.39. The molecule has 0 aromatic heterocycles. The van der Waals surface area contributed by atoms with Gasteiger partial charge in [-0.05, 0) is 52.4 Å². The Morgan fingerprint density at radius 1 is 0.515 bits per heavy atom. The first-order valence-corrected chi connectivity index (χ1v) is 10.0. The van der Waals surface area contributed by atoms with Crippen LogP contribution in [-0.4, -0.2) is 87.0 Å². The van der Waals surface area contributed by atoms with Gasteiger partial charge in [0, 0.05) is 6.54 Å². The molecule has 1 saturated heterocycles. The molecule has 1 heterocycles. The number of alkyl halides is 12. The molecule has 198 valence electrons. The first-order valence-electron chi connectivity index (χ1n) is 10.0. The minimum atomic E-state index is -4.93. The number of rotatable bonds is 0. The van der Waals surface area contributed by atoms with Crippen molar-refractivity contribution in [2.45, 2.75) is 74.6 Å². The van der Waals surface area contributed by atoms with E-state index < -0.39 is 101 Å². The minimum Gasteiger partial charge on any atom is -0.306 e. The fourth-order valence-electron chi connectivity index (χ4n) is 3.46. The molecule has 4 nitrogen and oxygen atoms in total. The largest absolute Gasteiger partial charge is 0.404 e. The summed E-state index contributed by atoms with van der Waals surface area (Å²) >= 11 is 0. The standard InChI is InChI=1S/C17H26F12N4/c1-33-9-5-12(16(24,25)26)31-7-3-10(14(18,19)20)30-6-2-11(15(21,22)23)32-8-4-13(33)17(27,28)29/h10-13,30-32H,2-9H2,1H3. The van der Waals surface area contributed by atoms with Crippen LogP contribution in [0.1, 0.15) is 25.7 Å². The van der Waals surface area contributed by atoms with Crippen molar-refractivity contribution in [2.75, 3.05) is 33.2 Å². The van der Waals surface area contributed by atoms with Crippen molar-refractivity contribution in [1.82, 2.24) is 20.9 Å². The van der Waals surface area contributed by atoms with Crippen LogP contribution in [0.2, 0.25) is 0 Å². The van der Waals surface area contributed by atoms with Crippen molar-refractivity contribution < 1.29 is 52.7 Å². The Labute approximate surface area is 182 Å². The van der Waals surface area contributed by atoms with E-state index >= 15 is 0 Å². The summed E-state index contributed by atoms with van der Waals surface area (Å²) in [5.74, 6) is 0. The number of hydrogen-bond donors (Lipinski definition) is 3. The number of hydrogen-bond acceptors (Lipinski definition) is 4. The van der Waals surface area contributed by atoms with Crippen LogP contribution >= 0.6 is 0 Å². The fourth-order valence-corrected chi connectivity index (χ4v) is 3.46. The van der Waals surface area contributed by atoms with Crippen LogP contribution in [-0.2, 0) is 0 Å². The maximum absolute atomic E-state index is 13.4. The highest BCUT2D eigenvalue weighted by molar-refractivity contribution is 4.86. The third-order valence-electron chi connectivity index (χ3n) is 5.32. The smallest absolute Gasteiger partial charge is 0.306 e. The molecule has 4 unspecified atom stereocenters. The van der Waals surface area contributed by atoms with Crippen molar-refractivity contribution in [3.05, 3.63) is 0 Å². The second kappa shape index (κ2) is 11.6. The number of halogens is 12. The monoisotopic (exact) mass is 514 g/mol. The third kappa shape index (κ3) is 10.4. The molecule has 0 aromatic carbocycles. The molecule has 0 amide bonds. The van der Waals surface area contributed by atoms with Crippen molar-refractivity contribution in [2.24, 2.45) is 0 Å². The van der Waals surface area contributed by atoms with E-state index in [0.717, 1.165) is 7.05 Å². The molecule has 0 spiro atoms. The Morgan fingerprint density at radius 2 is 0.848 bits per heavy atom. The highest BCUT2D eigenvalue weighted by Gasteiger charge is 2.46. The normalized spacial score (nSPS) is 29.7. The van der Waals surface area contributed by atoms with E-state index in [0.29, 0.717) is 4.90 Å². The van der Waals surface area contributed by atoms with E-state index in [1.807, 2.05) is 16.0 Å². The molecular formula is C17H26F12N4. The van der Waals surface area contributed by atoms with E-state index in [1.54, 1.807) is 0 Å². The average Bonchev–Trinajstić information content (AvgIpc) is 2.59. The summed E-state index contributed by atoms with van der Waals surface area (Å²) in [4.78, 5) is 0.552. The zero-order chi connectivity index (χ0) is 25.7. The molecule has 3 N–H and O–H groups in total. The van der Waals surface area contributed by atoms with Crippen molar-refractivity contribution in [3.63, 3.8) is 0 Å². The van der Waals surface area contributed by atoms with E-state index in [1.165, 1.54) is 0 Å². The van der Waals surface area contributed by atoms with Crippen molar-refractivity contribution in [3.8, 4) is 0 Å². The summed E-state index contributed by atoms with van der Waals surface area (Å²) in [7, 11) is 0.888. The topological polar surface area (TPSA) is 39.3 Å². The Bertz CT molecular complexity index is 572. The summed E-state index contributed by atoms with van der Waals surface area (Å²) in [5.41, 5.74) is 0. The van der Waals surface area contributed by atoms with Crippen molar-refractivity contribution in [1.29, 1.82) is 0 Å². The molecule has 0 aromatic rings. The second-order valence-corrected chi connectivity index (χ2v) is 7.84. The van der Waals surface area contributed by atoms with Gasteiger partial charge in [0.25, 0.3) is 0 Å². The molecule has 1 fully saturated rings. The van der Waals surface area contributed by atoms with Gasteiger partial charge >= 0.3 is 24.7 Å².